The zero-order chi connectivity index (χ0) is 11.7. The SMILES string of the molecule is COc1ccc2c(c1)N(C(C)=O)CC(C)C2. The molecule has 0 spiro atoms. The van der Waals surface area contributed by atoms with Crippen molar-refractivity contribution in [2.75, 3.05) is 18.6 Å². The van der Waals surface area contributed by atoms with Crippen molar-refractivity contribution in [2.45, 2.75) is 20.3 Å². The highest BCUT2D eigenvalue weighted by Gasteiger charge is 2.24. The average Bonchev–Trinajstić information content (AvgIpc) is 2.27. The topological polar surface area (TPSA) is 29.5 Å². The normalized spacial score (nSPS) is 19.2. The summed E-state index contributed by atoms with van der Waals surface area (Å²) in [5.74, 6) is 1.42. The van der Waals surface area contributed by atoms with E-state index >= 15 is 0 Å². The molecule has 3 heteroatoms. The minimum Gasteiger partial charge on any atom is -0.497 e. The van der Waals surface area contributed by atoms with Crippen molar-refractivity contribution >= 4 is 11.6 Å². The first kappa shape index (κ1) is 11.0. The van der Waals surface area contributed by atoms with Crippen molar-refractivity contribution in [1.82, 2.24) is 0 Å². The summed E-state index contributed by atoms with van der Waals surface area (Å²) in [5, 5.41) is 0. The average molecular weight is 219 g/mol. The minimum atomic E-state index is 0.0982. The Kier molecular flexibility index (Phi) is 2.86. The number of fused-ring (bicyclic) bond motifs is 1. The van der Waals surface area contributed by atoms with Crippen molar-refractivity contribution in [3.8, 4) is 5.75 Å². The van der Waals surface area contributed by atoms with Crippen LogP contribution in [-0.4, -0.2) is 19.6 Å². The second-order valence-electron chi connectivity index (χ2n) is 4.43. The highest BCUT2D eigenvalue weighted by molar-refractivity contribution is 5.93. The number of anilines is 1. The highest BCUT2D eigenvalue weighted by Crippen LogP contribution is 2.32. The molecule has 0 fully saturated rings. The minimum absolute atomic E-state index is 0.0982. The third-order valence-electron chi connectivity index (χ3n) is 3.03. The van der Waals surface area contributed by atoms with E-state index in [1.54, 1.807) is 14.0 Å². The van der Waals surface area contributed by atoms with E-state index in [1.165, 1.54) is 5.56 Å². The van der Waals surface area contributed by atoms with E-state index in [0.717, 1.165) is 24.4 Å². The number of amides is 1. The Hall–Kier alpha value is -1.51. The zero-order valence-electron chi connectivity index (χ0n) is 9.99. The van der Waals surface area contributed by atoms with Crippen molar-refractivity contribution in [3.63, 3.8) is 0 Å². The number of rotatable bonds is 1. The lowest BCUT2D eigenvalue weighted by molar-refractivity contribution is -0.116. The van der Waals surface area contributed by atoms with E-state index in [2.05, 4.69) is 13.0 Å². The number of carbonyl (C=O) groups is 1. The summed E-state index contributed by atoms with van der Waals surface area (Å²) >= 11 is 0. The Morgan fingerprint density at radius 1 is 1.50 bits per heavy atom. The molecule has 0 radical (unpaired) electrons. The molecule has 2 rings (SSSR count). The van der Waals surface area contributed by atoms with Crippen molar-refractivity contribution in [1.29, 1.82) is 0 Å². The number of hydrogen-bond donors (Lipinski definition) is 0. The fourth-order valence-corrected chi connectivity index (χ4v) is 2.24. The van der Waals surface area contributed by atoms with Gasteiger partial charge in [-0.1, -0.05) is 13.0 Å². The Bertz CT molecular complexity index is 414. The van der Waals surface area contributed by atoms with Gasteiger partial charge in [0.15, 0.2) is 0 Å². The van der Waals surface area contributed by atoms with Crippen LogP contribution in [0.2, 0.25) is 0 Å². The maximum absolute atomic E-state index is 11.6. The fourth-order valence-electron chi connectivity index (χ4n) is 2.24. The van der Waals surface area contributed by atoms with Gasteiger partial charge in [-0.25, -0.2) is 0 Å². The first-order valence-electron chi connectivity index (χ1n) is 5.57. The molecule has 0 bridgehead atoms. The first-order chi connectivity index (χ1) is 7.61. The zero-order valence-corrected chi connectivity index (χ0v) is 9.99. The van der Waals surface area contributed by atoms with E-state index in [1.807, 2.05) is 17.0 Å². The second-order valence-corrected chi connectivity index (χ2v) is 4.43. The van der Waals surface area contributed by atoms with Crippen molar-refractivity contribution in [3.05, 3.63) is 23.8 Å². The molecule has 0 N–H and O–H groups in total. The van der Waals surface area contributed by atoms with Crippen LogP contribution in [0.25, 0.3) is 0 Å². The summed E-state index contributed by atoms with van der Waals surface area (Å²) in [6.07, 6.45) is 1.03. The van der Waals surface area contributed by atoms with Crippen LogP contribution in [0, 0.1) is 5.92 Å². The standard InChI is InChI=1S/C13H17NO2/c1-9-6-11-4-5-12(16-3)7-13(11)14(8-9)10(2)15/h4-5,7,9H,6,8H2,1-3H3. The Labute approximate surface area is 96.0 Å². The molecule has 1 aliphatic rings. The lowest BCUT2D eigenvalue weighted by Crippen LogP contribution is -2.37. The summed E-state index contributed by atoms with van der Waals surface area (Å²) in [6, 6.07) is 5.96. The smallest absolute Gasteiger partial charge is 0.223 e. The molecule has 1 amide bonds. The van der Waals surface area contributed by atoms with Gasteiger partial charge >= 0.3 is 0 Å². The van der Waals surface area contributed by atoms with Gasteiger partial charge in [0, 0.05) is 19.5 Å². The molecule has 3 nitrogen and oxygen atoms in total. The Balaban J connectivity index is 2.45. The maximum atomic E-state index is 11.6. The van der Waals surface area contributed by atoms with Crippen LogP contribution in [0.5, 0.6) is 5.75 Å². The van der Waals surface area contributed by atoms with E-state index < -0.39 is 0 Å². The summed E-state index contributed by atoms with van der Waals surface area (Å²) in [5.41, 5.74) is 2.24. The molecule has 1 atom stereocenters. The lowest BCUT2D eigenvalue weighted by atomic mass is 9.94. The molecule has 86 valence electrons. The summed E-state index contributed by atoms with van der Waals surface area (Å²) in [4.78, 5) is 13.4. The van der Waals surface area contributed by atoms with Gasteiger partial charge < -0.3 is 9.64 Å². The van der Waals surface area contributed by atoms with E-state index in [0.29, 0.717) is 5.92 Å². The van der Waals surface area contributed by atoms with Gasteiger partial charge in [-0.15, -0.1) is 0 Å². The molecule has 1 heterocycles. The van der Waals surface area contributed by atoms with Gasteiger partial charge in [-0.3, -0.25) is 4.79 Å². The molecular weight excluding hydrogens is 202 g/mol. The molecule has 0 aromatic heterocycles. The summed E-state index contributed by atoms with van der Waals surface area (Å²) in [7, 11) is 1.64. The van der Waals surface area contributed by atoms with Gasteiger partial charge in [0.2, 0.25) is 5.91 Å². The maximum Gasteiger partial charge on any atom is 0.223 e. The first-order valence-corrected chi connectivity index (χ1v) is 5.57. The summed E-state index contributed by atoms with van der Waals surface area (Å²) < 4.78 is 5.20. The van der Waals surface area contributed by atoms with Gasteiger partial charge in [-0.2, -0.15) is 0 Å². The molecule has 0 saturated carbocycles. The van der Waals surface area contributed by atoms with E-state index in [4.69, 9.17) is 4.74 Å². The molecule has 0 saturated heterocycles. The lowest BCUT2D eigenvalue weighted by Gasteiger charge is -2.32. The van der Waals surface area contributed by atoms with Gasteiger partial charge in [0.05, 0.1) is 12.8 Å². The molecule has 1 aromatic rings. The van der Waals surface area contributed by atoms with Crippen LogP contribution < -0.4 is 9.64 Å². The largest absolute Gasteiger partial charge is 0.497 e. The monoisotopic (exact) mass is 219 g/mol. The molecular formula is C13H17NO2. The molecule has 1 aliphatic heterocycles. The third-order valence-corrected chi connectivity index (χ3v) is 3.03. The highest BCUT2D eigenvalue weighted by atomic mass is 16.5. The third kappa shape index (κ3) is 1.90. The second kappa shape index (κ2) is 4.16. The predicted molar refractivity (Wildman–Crippen MR) is 63.9 cm³/mol. The number of ether oxygens (including phenoxy) is 1. The molecule has 16 heavy (non-hydrogen) atoms. The van der Waals surface area contributed by atoms with Crippen LogP contribution in [-0.2, 0) is 11.2 Å². The molecule has 1 aromatic carbocycles. The Morgan fingerprint density at radius 3 is 2.88 bits per heavy atom. The van der Waals surface area contributed by atoms with Crippen LogP contribution >= 0.6 is 0 Å². The summed E-state index contributed by atoms with van der Waals surface area (Å²) in [6.45, 7) is 4.58. The number of carbonyl (C=O) groups excluding carboxylic acids is 1. The van der Waals surface area contributed by atoms with Crippen LogP contribution in [0.3, 0.4) is 0 Å². The molecule has 1 unspecified atom stereocenters. The Morgan fingerprint density at radius 2 is 2.25 bits per heavy atom. The number of methoxy groups -OCH3 is 1. The van der Waals surface area contributed by atoms with E-state index in [-0.39, 0.29) is 5.91 Å². The van der Waals surface area contributed by atoms with Crippen molar-refractivity contribution < 1.29 is 9.53 Å². The quantitative estimate of drug-likeness (QED) is 0.725. The van der Waals surface area contributed by atoms with E-state index in [9.17, 15) is 4.79 Å². The van der Waals surface area contributed by atoms with Crippen LogP contribution in [0.4, 0.5) is 5.69 Å². The predicted octanol–water partition coefficient (Wildman–Crippen LogP) is 2.24. The number of benzene rings is 1. The molecule has 0 aliphatic carbocycles. The van der Waals surface area contributed by atoms with Gasteiger partial charge in [0.1, 0.15) is 5.75 Å². The van der Waals surface area contributed by atoms with Gasteiger partial charge in [-0.05, 0) is 24.0 Å². The van der Waals surface area contributed by atoms with Gasteiger partial charge in [0.25, 0.3) is 0 Å². The number of nitrogens with zero attached hydrogens (tertiary/aromatic N) is 1. The van der Waals surface area contributed by atoms with Crippen LogP contribution in [0.1, 0.15) is 19.4 Å². The van der Waals surface area contributed by atoms with Crippen LogP contribution in [0.15, 0.2) is 18.2 Å². The van der Waals surface area contributed by atoms with Crippen molar-refractivity contribution in [2.24, 2.45) is 5.92 Å². The number of hydrogen-bond acceptors (Lipinski definition) is 2. The fraction of sp³-hybridized carbons (Fsp3) is 0.462.